The Morgan fingerprint density at radius 3 is 2.30 bits per heavy atom. The fraction of sp³-hybridized carbons (Fsp3) is 0.333. The maximum absolute atomic E-state index is 12.2. The van der Waals surface area contributed by atoms with Gasteiger partial charge in [-0.05, 0) is 49.1 Å². The second kappa shape index (κ2) is 9.97. The van der Waals surface area contributed by atoms with E-state index in [4.69, 9.17) is 21.1 Å². The highest BCUT2D eigenvalue weighted by molar-refractivity contribution is 6.30. The van der Waals surface area contributed by atoms with Gasteiger partial charge in [-0.3, -0.25) is 4.79 Å². The molecule has 0 aliphatic carbocycles. The van der Waals surface area contributed by atoms with E-state index in [1.165, 1.54) is 0 Å². The molecule has 0 radical (unpaired) electrons. The predicted octanol–water partition coefficient (Wildman–Crippen LogP) is 4.41. The second-order valence-corrected chi connectivity index (χ2v) is 6.47. The number of nitrogens with one attached hydrogen (secondary N) is 1. The van der Waals surface area contributed by atoms with Gasteiger partial charge in [-0.15, -0.1) is 0 Å². The molecule has 1 atom stereocenters. The van der Waals surface area contributed by atoms with Gasteiger partial charge in [0.2, 0.25) is 0 Å². The van der Waals surface area contributed by atoms with Gasteiger partial charge in [0.25, 0.3) is 5.91 Å². The molecule has 0 aliphatic rings. The summed E-state index contributed by atoms with van der Waals surface area (Å²) in [6, 6.07) is 12.6. The van der Waals surface area contributed by atoms with Crippen molar-refractivity contribution in [1.82, 2.24) is 0 Å². The number of hydrogen-bond donors (Lipinski definition) is 1. The number of halogens is 1. The van der Waals surface area contributed by atoms with Crippen molar-refractivity contribution in [2.45, 2.75) is 39.7 Å². The first-order valence-corrected chi connectivity index (χ1v) is 9.31. The number of ether oxygens (including phenoxy) is 2. The van der Waals surface area contributed by atoms with Crippen molar-refractivity contribution in [2.24, 2.45) is 0 Å². The van der Waals surface area contributed by atoms with Crippen molar-refractivity contribution in [3.05, 3.63) is 58.6 Å². The molecule has 0 saturated carbocycles. The van der Waals surface area contributed by atoms with Gasteiger partial charge in [-0.1, -0.05) is 49.7 Å². The van der Waals surface area contributed by atoms with Crippen LogP contribution in [0.5, 0.6) is 5.75 Å². The van der Waals surface area contributed by atoms with Crippen LogP contribution in [0.3, 0.4) is 0 Å². The number of esters is 1. The molecular weight excluding hydrogens is 366 g/mol. The van der Waals surface area contributed by atoms with Crippen LogP contribution in [0.4, 0.5) is 5.69 Å². The molecule has 2 rings (SSSR count). The molecule has 0 fully saturated rings. The summed E-state index contributed by atoms with van der Waals surface area (Å²) in [5.74, 6) is -0.542. The minimum absolute atomic E-state index is 0.372. The molecule has 0 saturated heterocycles. The molecule has 1 N–H and O–H groups in total. The summed E-state index contributed by atoms with van der Waals surface area (Å²) in [4.78, 5) is 24.3. The highest BCUT2D eigenvalue weighted by atomic mass is 35.5. The third-order valence-corrected chi connectivity index (χ3v) is 4.28. The van der Waals surface area contributed by atoms with Gasteiger partial charge in [0, 0.05) is 10.7 Å². The topological polar surface area (TPSA) is 64.6 Å². The van der Waals surface area contributed by atoms with E-state index in [2.05, 4.69) is 5.32 Å². The number of aryl methyl sites for hydroxylation is 2. The number of amides is 1. The average Bonchev–Trinajstić information content (AvgIpc) is 2.66. The minimum Gasteiger partial charge on any atom is -0.479 e. The zero-order valence-electron chi connectivity index (χ0n) is 15.8. The number of carbonyl (C=O) groups is 2. The zero-order valence-corrected chi connectivity index (χ0v) is 16.5. The number of hydrogen-bond acceptors (Lipinski definition) is 4. The largest absolute Gasteiger partial charge is 0.479 e. The van der Waals surface area contributed by atoms with Gasteiger partial charge in [0.15, 0.2) is 12.7 Å². The lowest BCUT2D eigenvalue weighted by Gasteiger charge is -2.16. The Kier molecular flexibility index (Phi) is 7.67. The molecule has 0 heterocycles. The lowest BCUT2D eigenvalue weighted by atomic mass is 10.0. The third kappa shape index (κ3) is 6.00. The van der Waals surface area contributed by atoms with Crippen molar-refractivity contribution >= 4 is 29.2 Å². The van der Waals surface area contributed by atoms with Crippen LogP contribution in [0.15, 0.2) is 42.5 Å². The number of benzene rings is 2. The molecular formula is C21H24ClNO4. The molecule has 2 aromatic rings. The van der Waals surface area contributed by atoms with Gasteiger partial charge in [0.1, 0.15) is 5.75 Å². The van der Waals surface area contributed by atoms with Gasteiger partial charge >= 0.3 is 5.97 Å². The summed E-state index contributed by atoms with van der Waals surface area (Å²) in [5, 5.41) is 3.37. The molecule has 1 unspecified atom stereocenters. The maximum atomic E-state index is 12.2. The Morgan fingerprint density at radius 1 is 1.07 bits per heavy atom. The molecule has 6 heteroatoms. The Hall–Kier alpha value is -2.53. The summed E-state index contributed by atoms with van der Waals surface area (Å²) in [6.45, 7) is 5.24. The highest BCUT2D eigenvalue weighted by Gasteiger charge is 2.18. The molecule has 144 valence electrons. The van der Waals surface area contributed by atoms with Crippen molar-refractivity contribution in [3.63, 3.8) is 0 Å². The lowest BCUT2D eigenvalue weighted by molar-refractivity contribution is -0.153. The molecule has 0 spiro atoms. The maximum Gasteiger partial charge on any atom is 0.347 e. The predicted molar refractivity (Wildman–Crippen MR) is 106 cm³/mol. The molecule has 1 amide bonds. The van der Waals surface area contributed by atoms with E-state index in [1.807, 2.05) is 32.0 Å². The fourth-order valence-corrected chi connectivity index (χ4v) is 2.81. The number of para-hydroxylation sites is 1. The lowest BCUT2D eigenvalue weighted by Crippen LogP contribution is -2.30. The van der Waals surface area contributed by atoms with Crippen molar-refractivity contribution in [3.8, 4) is 5.75 Å². The Morgan fingerprint density at radius 2 is 1.70 bits per heavy atom. The molecule has 0 aliphatic heterocycles. The monoisotopic (exact) mass is 389 g/mol. The van der Waals surface area contributed by atoms with Crippen molar-refractivity contribution in [2.75, 3.05) is 11.9 Å². The Balaban J connectivity index is 1.91. The molecule has 5 nitrogen and oxygen atoms in total. The average molecular weight is 390 g/mol. The van der Waals surface area contributed by atoms with E-state index in [0.29, 0.717) is 10.8 Å². The van der Waals surface area contributed by atoms with E-state index in [1.54, 1.807) is 31.2 Å². The van der Waals surface area contributed by atoms with Crippen LogP contribution >= 0.6 is 11.6 Å². The number of rotatable bonds is 8. The summed E-state index contributed by atoms with van der Waals surface area (Å²) < 4.78 is 10.6. The SMILES string of the molecule is CCc1cccc(CC)c1NC(=O)COC(=O)C(C)Oc1cccc(Cl)c1. The summed E-state index contributed by atoms with van der Waals surface area (Å²) >= 11 is 5.89. The van der Waals surface area contributed by atoms with Crippen molar-refractivity contribution in [1.29, 1.82) is 0 Å². The van der Waals surface area contributed by atoms with Crippen molar-refractivity contribution < 1.29 is 19.1 Å². The van der Waals surface area contributed by atoms with E-state index in [9.17, 15) is 9.59 Å². The Labute approximate surface area is 164 Å². The first kappa shape index (κ1) is 20.8. The standard InChI is InChI=1S/C21H24ClNO4/c1-4-15-8-6-9-16(5-2)20(15)23-19(24)13-26-21(25)14(3)27-18-11-7-10-17(22)12-18/h6-12,14H,4-5,13H2,1-3H3,(H,23,24). The zero-order chi connectivity index (χ0) is 19.8. The summed E-state index contributed by atoms with van der Waals surface area (Å²) in [6.07, 6.45) is 0.743. The van der Waals surface area contributed by atoms with Crippen LogP contribution in [0.25, 0.3) is 0 Å². The van der Waals surface area contributed by atoms with Gasteiger partial charge in [-0.25, -0.2) is 4.79 Å². The van der Waals surface area contributed by atoms with Crippen LogP contribution in [0, 0.1) is 0 Å². The van der Waals surface area contributed by atoms with Gasteiger partial charge in [0.05, 0.1) is 0 Å². The van der Waals surface area contributed by atoms with Crippen LogP contribution in [-0.4, -0.2) is 24.6 Å². The van der Waals surface area contributed by atoms with E-state index >= 15 is 0 Å². The quantitative estimate of drug-likeness (QED) is 0.679. The van der Waals surface area contributed by atoms with Crippen LogP contribution in [0.2, 0.25) is 5.02 Å². The smallest absolute Gasteiger partial charge is 0.347 e. The van der Waals surface area contributed by atoms with Crippen LogP contribution in [-0.2, 0) is 27.2 Å². The van der Waals surface area contributed by atoms with Crippen LogP contribution < -0.4 is 10.1 Å². The first-order valence-electron chi connectivity index (χ1n) is 8.94. The first-order chi connectivity index (χ1) is 12.9. The molecule has 0 aromatic heterocycles. The minimum atomic E-state index is -0.856. The van der Waals surface area contributed by atoms with E-state index in [-0.39, 0.29) is 12.5 Å². The fourth-order valence-electron chi connectivity index (χ4n) is 2.63. The number of carbonyl (C=O) groups excluding carboxylic acids is 2. The molecule has 2 aromatic carbocycles. The van der Waals surface area contributed by atoms with E-state index in [0.717, 1.165) is 29.7 Å². The van der Waals surface area contributed by atoms with Crippen LogP contribution in [0.1, 0.15) is 31.9 Å². The molecule has 0 bridgehead atoms. The third-order valence-electron chi connectivity index (χ3n) is 4.05. The summed E-state index contributed by atoms with van der Waals surface area (Å²) in [5.41, 5.74) is 2.89. The van der Waals surface area contributed by atoms with Gasteiger partial charge < -0.3 is 14.8 Å². The summed E-state index contributed by atoms with van der Waals surface area (Å²) in [7, 11) is 0. The highest BCUT2D eigenvalue weighted by Crippen LogP contribution is 2.22. The second-order valence-electron chi connectivity index (χ2n) is 6.03. The normalized spacial score (nSPS) is 11.6. The number of anilines is 1. The molecule has 27 heavy (non-hydrogen) atoms. The van der Waals surface area contributed by atoms with Gasteiger partial charge in [-0.2, -0.15) is 0 Å². The Bertz CT molecular complexity index is 784. The van der Waals surface area contributed by atoms with E-state index < -0.39 is 12.1 Å².